The van der Waals surface area contributed by atoms with Crippen molar-refractivity contribution >= 4 is 11.5 Å². The van der Waals surface area contributed by atoms with Crippen molar-refractivity contribution in [2.45, 2.75) is 20.4 Å². The lowest BCUT2D eigenvalue weighted by Crippen LogP contribution is -2.09. The Bertz CT molecular complexity index is 599. The Morgan fingerprint density at radius 3 is 2.52 bits per heavy atom. The summed E-state index contributed by atoms with van der Waals surface area (Å²) >= 11 is 0. The van der Waals surface area contributed by atoms with E-state index < -0.39 is 0 Å². The van der Waals surface area contributed by atoms with Crippen LogP contribution in [0.5, 0.6) is 11.6 Å². The number of nitrogens with zero attached hydrogens (tertiary/aromatic N) is 2. The molecule has 0 bridgehead atoms. The summed E-state index contributed by atoms with van der Waals surface area (Å²) in [5.74, 6) is 2.45. The molecule has 0 spiro atoms. The van der Waals surface area contributed by atoms with Crippen molar-refractivity contribution in [3.63, 3.8) is 0 Å². The molecule has 1 heterocycles. The summed E-state index contributed by atoms with van der Waals surface area (Å²) < 4.78 is 10.5. The van der Waals surface area contributed by atoms with Gasteiger partial charge in [-0.05, 0) is 31.5 Å². The van der Waals surface area contributed by atoms with Crippen LogP contribution >= 0.6 is 0 Å². The van der Waals surface area contributed by atoms with Crippen molar-refractivity contribution in [1.29, 1.82) is 0 Å². The molecule has 0 aliphatic carbocycles. The molecule has 0 atom stereocenters. The molecule has 1 aromatic carbocycles. The smallest absolute Gasteiger partial charge is 0.242 e. The lowest BCUT2D eigenvalue weighted by Gasteiger charge is -2.12. The third-order valence-corrected chi connectivity index (χ3v) is 2.92. The number of methoxy groups -OCH3 is 1. The highest BCUT2D eigenvalue weighted by atomic mass is 16.5. The first-order chi connectivity index (χ1) is 10.1. The van der Waals surface area contributed by atoms with Gasteiger partial charge in [0.1, 0.15) is 17.3 Å². The summed E-state index contributed by atoms with van der Waals surface area (Å²) in [7, 11) is 1.65. The van der Waals surface area contributed by atoms with Gasteiger partial charge >= 0.3 is 0 Å². The first-order valence-corrected chi connectivity index (χ1v) is 6.77. The van der Waals surface area contributed by atoms with Gasteiger partial charge in [-0.3, -0.25) is 0 Å². The lowest BCUT2D eigenvalue weighted by atomic mass is 10.2. The van der Waals surface area contributed by atoms with E-state index in [1.807, 2.05) is 31.2 Å². The maximum absolute atomic E-state index is 6.02. The number of hydrogen-bond donors (Lipinski definition) is 2. The highest BCUT2D eigenvalue weighted by molar-refractivity contribution is 5.67. The Morgan fingerprint density at radius 2 is 1.90 bits per heavy atom. The molecule has 0 aliphatic heterocycles. The number of nitrogens with one attached hydrogen (secondary N) is 1. The molecular weight excluding hydrogens is 268 g/mol. The zero-order valence-electron chi connectivity index (χ0n) is 12.5. The predicted octanol–water partition coefficient (Wildman–Crippen LogP) is 2.39. The molecule has 0 unspecified atom stereocenters. The zero-order valence-corrected chi connectivity index (χ0v) is 12.5. The molecule has 2 rings (SSSR count). The van der Waals surface area contributed by atoms with Crippen molar-refractivity contribution in [3.05, 3.63) is 35.7 Å². The minimum Gasteiger partial charge on any atom is -0.497 e. The Kier molecular flexibility index (Phi) is 4.81. The molecule has 6 nitrogen and oxygen atoms in total. The second-order valence-electron chi connectivity index (χ2n) is 4.47. The largest absolute Gasteiger partial charge is 0.497 e. The lowest BCUT2D eigenvalue weighted by molar-refractivity contribution is 0.327. The van der Waals surface area contributed by atoms with Crippen molar-refractivity contribution in [3.8, 4) is 11.6 Å². The normalized spacial score (nSPS) is 10.2. The molecule has 0 aliphatic rings. The van der Waals surface area contributed by atoms with E-state index in [0.717, 1.165) is 11.3 Å². The summed E-state index contributed by atoms with van der Waals surface area (Å²) in [5.41, 5.74) is 7.54. The van der Waals surface area contributed by atoms with Crippen molar-refractivity contribution in [2.24, 2.45) is 0 Å². The molecule has 1 aromatic heterocycles. The van der Waals surface area contributed by atoms with Gasteiger partial charge in [-0.1, -0.05) is 12.1 Å². The summed E-state index contributed by atoms with van der Waals surface area (Å²) in [4.78, 5) is 8.50. The van der Waals surface area contributed by atoms with Crippen LogP contribution in [0.2, 0.25) is 0 Å². The van der Waals surface area contributed by atoms with E-state index in [1.165, 1.54) is 0 Å². The van der Waals surface area contributed by atoms with Gasteiger partial charge in [0.2, 0.25) is 5.88 Å². The number of anilines is 2. The zero-order chi connectivity index (χ0) is 15.2. The van der Waals surface area contributed by atoms with Gasteiger partial charge in [0.15, 0.2) is 5.82 Å². The SMILES string of the molecule is CCOc1nc(C)nc(NCc2ccc(OC)cc2)c1N. The van der Waals surface area contributed by atoms with E-state index in [2.05, 4.69) is 15.3 Å². The van der Waals surface area contributed by atoms with Gasteiger partial charge in [0, 0.05) is 6.54 Å². The molecular formula is C15H20N4O2. The van der Waals surface area contributed by atoms with Crippen LogP contribution in [0, 0.1) is 6.92 Å². The van der Waals surface area contributed by atoms with Crippen molar-refractivity contribution in [1.82, 2.24) is 9.97 Å². The van der Waals surface area contributed by atoms with E-state index in [0.29, 0.717) is 36.4 Å². The molecule has 3 N–H and O–H groups in total. The molecule has 0 amide bonds. The predicted molar refractivity (Wildman–Crippen MR) is 82.7 cm³/mol. The van der Waals surface area contributed by atoms with Crippen LogP contribution < -0.4 is 20.5 Å². The summed E-state index contributed by atoms with van der Waals surface area (Å²) in [6.07, 6.45) is 0. The van der Waals surface area contributed by atoms with Crippen LogP contribution in [0.3, 0.4) is 0 Å². The second-order valence-corrected chi connectivity index (χ2v) is 4.47. The number of hydrogen-bond acceptors (Lipinski definition) is 6. The number of nitrogens with two attached hydrogens (primary N) is 1. The summed E-state index contributed by atoms with van der Waals surface area (Å²) in [5, 5.41) is 3.21. The molecule has 21 heavy (non-hydrogen) atoms. The molecule has 0 fully saturated rings. The van der Waals surface area contributed by atoms with Crippen molar-refractivity contribution < 1.29 is 9.47 Å². The van der Waals surface area contributed by atoms with Gasteiger partial charge in [-0.2, -0.15) is 4.98 Å². The van der Waals surface area contributed by atoms with E-state index in [1.54, 1.807) is 14.0 Å². The first kappa shape index (κ1) is 14.9. The highest BCUT2D eigenvalue weighted by Gasteiger charge is 2.10. The maximum Gasteiger partial charge on any atom is 0.242 e. The van der Waals surface area contributed by atoms with Gasteiger partial charge in [-0.25, -0.2) is 4.98 Å². The first-order valence-electron chi connectivity index (χ1n) is 6.77. The molecule has 0 saturated heterocycles. The summed E-state index contributed by atoms with van der Waals surface area (Å²) in [6, 6.07) is 7.80. The Balaban J connectivity index is 2.11. The number of nitrogen functional groups attached to an aromatic ring is 1. The van der Waals surface area contributed by atoms with Crippen molar-refractivity contribution in [2.75, 3.05) is 24.8 Å². The third kappa shape index (κ3) is 3.75. The van der Waals surface area contributed by atoms with Gasteiger partial charge in [0.05, 0.1) is 13.7 Å². The topological polar surface area (TPSA) is 82.3 Å². The Labute approximate surface area is 124 Å². The number of aryl methyl sites for hydroxylation is 1. The Morgan fingerprint density at radius 1 is 1.19 bits per heavy atom. The molecule has 112 valence electrons. The van der Waals surface area contributed by atoms with E-state index in [9.17, 15) is 0 Å². The van der Waals surface area contributed by atoms with Crippen LogP contribution in [-0.2, 0) is 6.54 Å². The minimum absolute atomic E-state index is 0.419. The highest BCUT2D eigenvalue weighted by Crippen LogP contribution is 2.26. The fraction of sp³-hybridized carbons (Fsp3) is 0.333. The Hall–Kier alpha value is -2.50. The van der Waals surface area contributed by atoms with Gasteiger partial charge in [-0.15, -0.1) is 0 Å². The maximum atomic E-state index is 6.02. The van der Waals surface area contributed by atoms with Gasteiger partial charge < -0.3 is 20.5 Å². The quantitative estimate of drug-likeness (QED) is 0.849. The molecule has 0 saturated carbocycles. The van der Waals surface area contributed by atoms with Gasteiger partial charge in [0.25, 0.3) is 0 Å². The fourth-order valence-electron chi connectivity index (χ4n) is 1.87. The van der Waals surface area contributed by atoms with Crippen LogP contribution in [0.1, 0.15) is 18.3 Å². The van der Waals surface area contributed by atoms with Crippen LogP contribution in [-0.4, -0.2) is 23.7 Å². The fourth-order valence-corrected chi connectivity index (χ4v) is 1.87. The average molecular weight is 288 g/mol. The third-order valence-electron chi connectivity index (χ3n) is 2.92. The number of rotatable bonds is 6. The van der Waals surface area contributed by atoms with Crippen LogP contribution in [0.4, 0.5) is 11.5 Å². The number of benzene rings is 1. The number of ether oxygens (including phenoxy) is 2. The molecule has 0 radical (unpaired) electrons. The minimum atomic E-state index is 0.419. The van der Waals surface area contributed by atoms with E-state index >= 15 is 0 Å². The molecule has 2 aromatic rings. The molecule has 6 heteroatoms. The second kappa shape index (κ2) is 6.78. The average Bonchev–Trinajstić information content (AvgIpc) is 2.50. The van der Waals surface area contributed by atoms with E-state index in [-0.39, 0.29) is 0 Å². The van der Waals surface area contributed by atoms with E-state index in [4.69, 9.17) is 15.2 Å². The summed E-state index contributed by atoms with van der Waals surface area (Å²) in [6.45, 7) is 4.82. The standard InChI is InChI=1S/C15H20N4O2/c1-4-21-15-13(16)14(18-10(2)19-15)17-9-11-5-7-12(20-3)8-6-11/h5-8H,4,9,16H2,1-3H3,(H,17,18,19). The van der Waals surface area contributed by atoms with Crippen LogP contribution in [0.15, 0.2) is 24.3 Å². The monoisotopic (exact) mass is 288 g/mol. The number of aromatic nitrogens is 2. The van der Waals surface area contributed by atoms with Crippen LogP contribution in [0.25, 0.3) is 0 Å².